The van der Waals surface area contributed by atoms with Crippen molar-refractivity contribution in [3.63, 3.8) is 0 Å². The van der Waals surface area contributed by atoms with Crippen molar-refractivity contribution in [1.82, 2.24) is 0 Å². The van der Waals surface area contributed by atoms with Gasteiger partial charge in [-0.1, -0.05) is 54.5 Å². The quantitative estimate of drug-likeness (QED) is 0.506. The molecule has 2 N–H and O–H groups in total. The number of para-hydroxylation sites is 1. The van der Waals surface area contributed by atoms with E-state index in [2.05, 4.69) is 18.1 Å². The number of fused-ring (bicyclic) bond motifs is 1. The molecule has 0 aromatic heterocycles. The van der Waals surface area contributed by atoms with Gasteiger partial charge in [0, 0.05) is 22.4 Å². The molecule has 0 bridgehead atoms. The summed E-state index contributed by atoms with van der Waals surface area (Å²) in [7, 11) is 0. The fourth-order valence-electron chi connectivity index (χ4n) is 2.41. The monoisotopic (exact) mass is 243 g/mol. The molecule has 0 unspecified atom stereocenters. The van der Waals surface area contributed by atoms with E-state index in [-0.39, 0.29) is 0 Å². The van der Waals surface area contributed by atoms with Gasteiger partial charge < -0.3 is 5.73 Å². The summed E-state index contributed by atoms with van der Waals surface area (Å²) in [5, 5.41) is 2.30. The van der Waals surface area contributed by atoms with Crippen molar-refractivity contribution in [3.8, 4) is 23.5 Å². The van der Waals surface area contributed by atoms with Gasteiger partial charge in [-0.25, -0.2) is 0 Å². The number of hydrogen-bond acceptors (Lipinski definition) is 1. The second-order valence-electron chi connectivity index (χ2n) is 4.44. The molecule has 0 aliphatic heterocycles. The van der Waals surface area contributed by atoms with Crippen molar-refractivity contribution in [2.45, 2.75) is 0 Å². The fraction of sp³-hybridized carbons (Fsp3) is 0. The third-order valence-corrected chi connectivity index (χ3v) is 3.31. The van der Waals surface area contributed by atoms with Crippen molar-refractivity contribution in [1.29, 1.82) is 0 Å². The molecule has 0 aliphatic rings. The number of anilines is 1. The first-order valence-electron chi connectivity index (χ1n) is 6.14. The molecule has 0 amide bonds. The highest BCUT2D eigenvalue weighted by Gasteiger charge is 2.10. The zero-order valence-electron chi connectivity index (χ0n) is 10.4. The number of nitrogens with two attached hydrogens (primary N) is 1. The highest BCUT2D eigenvalue weighted by Crippen LogP contribution is 2.34. The summed E-state index contributed by atoms with van der Waals surface area (Å²) in [5.74, 6) is 2.76. The molecule has 3 rings (SSSR count). The first-order chi connectivity index (χ1) is 9.31. The Bertz CT molecular complexity index is 794. The Kier molecular flexibility index (Phi) is 2.70. The zero-order valence-corrected chi connectivity index (χ0v) is 10.4. The number of terminal acetylenes is 1. The molecule has 0 aliphatic carbocycles. The third kappa shape index (κ3) is 1.84. The molecule has 0 atom stereocenters. The van der Waals surface area contributed by atoms with Crippen LogP contribution in [0.2, 0.25) is 0 Å². The fourth-order valence-corrected chi connectivity index (χ4v) is 2.41. The van der Waals surface area contributed by atoms with E-state index in [0.717, 1.165) is 27.8 Å². The zero-order chi connectivity index (χ0) is 13.2. The maximum atomic E-state index is 6.10. The maximum Gasteiger partial charge on any atom is 0.0394 e. The standard InChI is InChI=1S/C18H13N/c1-2-13-11-12-14-7-3-4-8-15(14)18(13)16-9-5-6-10-17(16)19/h1,3-12H,19H2. The molecule has 90 valence electrons. The molecular weight excluding hydrogens is 230 g/mol. The third-order valence-electron chi connectivity index (χ3n) is 3.31. The van der Waals surface area contributed by atoms with Crippen molar-refractivity contribution in [3.05, 3.63) is 66.2 Å². The molecule has 19 heavy (non-hydrogen) atoms. The van der Waals surface area contributed by atoms with Crippen molar-refractivity contribution in [2.24, 2.45) is 0 Å². The molecule has 0 saturated carbocycles. The average Bonchev–Trinajstić information content (AvgIpc) is 2.47. The molecule has 0 spiro atoms. The lowest BCUT2D eigenvalue weighted by molar-refractivity contribution is 1.61. The van der Waals surface area contributed by atoms with Crippen molar-refractivity contribution >= 4 is 16.5 Å². The van der Waals surface area contributed by atoms with E-state index in [1.807, 2.05) is 48.5 Å². The van der Waals surface area contributed by atoms with Crippen LogP contribution >= 0.6 is 0 Å². The second kappa shape index (κ2) is 4.51. The predicted molar refractivity (Wildman–Crippen MR) is 81.7 cm³/mol. The van der Waals surface area contributed by atoms with Gasteiger partial charge in [0.25, 0.3) is 0 Å². The molecule has 3 aromatic rings. The van der Waals surface area contributed by atoms with E-state index in [4.69, 9.17) is 12.2 Å². The van der Waals surface area contributed by atoms with E-state index < -0.39 is 0 Å². The Morgan fingerprint density at radius 2 is 1.58 bits per heavy atom. The highest BCUT2D eigenvalue weighted by atomic mass is 14.6. The molecule has 1 nitrogen and oxygen atoms in total. The van der Waals surface area contributed by atoms with Gasteiger partial charge in [0.15, 0.2) is 0 Å². The predicted octanol–water partition coefficient (Wildman–Crippen LogP) is 4.07. The minimum Gasteiger partial charge on any atom is -0.398 e. The van der Waals surface area contributed by atoms with Gasteiger partial charge in [0.05, 0.1) is 0 Å². The van der Waals surface area contributed by atoms with Crippen LogP contribution in [0.1, 0.15) is 5.56 Å². The minimum absolute atomic E-state index is 0.746. The maximum absolute atomic E-state index is 6.10. The molecular formula is C18H13N. The molecule has 0 heterocycles. The van der Waals surface area contributed by atoms with Crippen LogP contribution in [0.4, 0.5) is 5.69 Å². The highest BCUT2D eigenvalue weighted by molar-refractivity contribution is 6.01. The van der Waals surface area contributed by atoms with Gasteiger partial charge in [-0.05, 0) is 22.9 Å². The van der Waals surface area contributed by atoms with Crippen molar-refractivity contribution in [2.75, 3.05) is 5.73 Å². The number of rotatable bonds is 1. The lowest BCUT2D eigenvalue weighted by atomic mass is 9.92. The van der Waals surface area contributed by atoms with E-state index in [1.54, 1.807) is 0 Å². The van der Waals surface area contributed by atoms with Crippen LogP contribution in [-0.4, -0.2) is 0 Å². The van der Waals surface area contributed by atoms with E-state index in [9.17, 15) is 0 Å². The van der Waals surface area contributed by atoms with Gasteiger partial charge in [-0.15, -0.1) is 6.42 Å². The first kappa shape index (κ1) is 11.4. The molecule has 0 saturated heterocycles. The summed E-state index contributed by atoms with van der Waals surface area (Å²) in [6, 6.07) is 20.1. The van der Waals surface area contributed by atoms with Gasteiger partial charge >= 0.3 is 0 Å². The summed E-state index contributed by atoms with van der Waals surface area (Å²) in [6.07, 6.45) is 5.64. The van der Waals surface area contributed by atoms with Crippen molar-refractivity contribution < 1.29 is 0 Å². The van der Waals surface area contributed by atoms with E-state index in [0.29, 0.717) is 0 Å². The van der Waals surface area contributed by atoms with Crippen LogP contribution in [0.3, 0.4) is 0 Å². The number of nitrogen functional groups attached to an aromatic ring is 1. The SMILES string of the molecule is C#Cc1ccc2ccccc2c1-c1ccccc1N. The van der Waals surface area contributed by atoms with Crippen LogP contribution in [0, 0.1) is 12.3 Å². The van der Waals surface area contributed by atoms with E-state index >= 15 is 0 Å². The molecule has 1 heteroatoms. The van der Waals surface area contributed by atoms with Gasteiger partial charge in [-0.2, -0.15) is 0 Å². The van der Waals surface area contributed by atoms with Crippen LogP contribution < -0.4 is 5.73 Å². The largest absolute Gasteiger partial charge is 0.398 e. The summed E-state index contributed by atoms with van der Waals surface area (Å²) >= 11 is 0. The summed E-state index contributed by atoms with van der Waals surface area (Å²) in [5.41, 5.74) is 9.75. The summed E-state index contributed by atoms with van der Waals surface area (Å²) in [4.78, 5) is 0. The second-order valence-corrected chi connectivity index (χ2v) is 4.44. The number of hydrogen-bond donors (Lipinski definition) is 1. The lowest BCUT2D eigenvalue weighted by Gasteiger charge is -2.12. The molecule has 0 fully saturated rings. The summed E-state index contributed by atoms with van der Waals surface area (Å²) in [6.45, 7) is 0. The summed E-state index contributed by atoms with van der Waals surface area (Å²) < 4.78 is 0. The first-order valence-corrected chi connectivity index (χ1v) is 6.14. The molecule has 3 aromatic carbocycles. The topological polar surface area (TPSA) is 26.0 Å². The Morgan fingerprint density at radius 3 is 2.37 bits per heavy atom. The van der Waals surface area contributed by atoms with Gasteiger partial charge in [-0.3, -0.25) is 0 Å². The minimum atomic E-state index is 0.746. The molecule has 0 radical (unpaired) electrons. The Morgan fingerprint density at radius 1 is 0.842 bits per heavy atom. The normalized spacial score (nSPS) is 10.3. The average molecular weight is 243 g/mol. The Hall–Kier alpha value is -2.72. The Balaban J connectivity index is 2.45. The van der Waals surface area contributed by atoms with E-state index in [1.165, 1.54) is 5.39 Å². The van der Waals surface area contributed by atoms with Crippen LogP contribution in [-0.2, 0) is 0 Å². The van der Waals surface area contributed by atoms with Crippen LogP contribution in [0.15, 0.2) is 60.7 Å². The van der Waals surface area contributed by atoms with Crippen LogP contribution in [0.5, 0.6) is 0 Å². The van der Waals surface area contributed by atoms with Crippen LogP contribution in [0.25, 0.3) is 21.9 Å². The Labute approximate surface area is 112 Å². The van der Waals surface area contributed by atoms with Gasteiger partial charge in [0.1, 0.15) is 0 Å². The smallest absolute Gasteiger partial charge is 0.0394 e. The van der Waals surface area contributed by atoms with Gasteiger partial charge in [0.2, 0.25) is 0 Å². The lowest BCUT2D eigenvalue weighted by Crippen LogP contribution is -1.93. The number of benzene rings is 3.